The van der Waals surface area contributed by atoms with E-state index in [1.54, 1.807) is 13.8 Å². The van der Waals surface area contributed by atoms with Gasteiger partial charge in [0.25, 0.3) is 0 Å². The standard InChI is InChI=1S/C7H11NO3.2C2H6/c1-4(2)6(7(10)11)8-5(3)9;2*1-2/h1-3H3,(H,8,9)(H,10,11);2*1-2H3. The predicted molar refractivity (Wildman–Crippen MR) is 62.5 cm³/mol. The second-order valence-electron chi connectivity index (χ2n) is 2.36. The zero-order valence-electron chi connectivity index (χ0n) is 10.8. The van der Waals surface area contributed by atoms with Gasteiger partial charge in [-0.05, 0) is 19.4 Å². The molecule has 0 bridgehead atoms. The lowest BCUT2D eigenvalue weighted by Gasteiger charge is -2.03. The molecule has 0 aliphatic heterocycles. The summed E-state index contributed by atoms with van der Waals surface area (Å²) in [5, 5.41) is 10.7. The average molecular weight is 217 g/mol. The first-order valence-corrected chi connectivity index (χ1v) is 5.13. The van der Waals surface area contributed by atoms with E-state index in [0.717, 1.165) is 0 Å². The number of hydrogen-bond donors (Lipinski definition) is 2. The summed E-state index contributed by atoms with van der Waals surface area (Å²) in [5.41, 5.74) is 0.533. The van der Waals surface area contributed by atoms with Crippen molar-refractivity contribution in [2.75, 3.05) is 0 Å². The summed E-state index contributed by atoms with van der Waals surface area (Å²) in [7, 11) is 0. The molecule has 0 saturated carbocycles. The molecule has 0 spiro atoms. The van der Waals surface area contributed by atoms with Crippen molar-refractivity contribution in [3.63, 3.8) is 0 Å². The van der Waals surface area contributed by atoms with Gasteiger partial charge in [-0.3, -0.25) is 4.79 Å². The normalized spacial score (nSPS) is 7.13. The molecule has 90 valence electrons. The van der Waals surface area contributed by atoms with Crippen LogP contribution in [0.1, 0.15) is 48.5 Å². The number of carbonyl (C=O) groups is 2. The van der Waals surface area contributed by atoms with Crippen LogP contribution in [0.25, 0.3) is 0 Å². The molecule has 0 atom stereocenters. The molecule has 0 fully saturated rings. The van der Waals surface area contributed by atoms with Crippen LogP contribution in [-0.2, 0) is 9.59 Å². The van der Waals surface area contributed by atoms with E-state index in [-0.39, 0.29) is 11.6 Å². The van der Waals surface area contributed by atoms with E-state index in [4.69, 9.17) is 5.11 Å². The van der Waals surface area contributed by atoms with Gasteiger partial charge in [-0.15, -0.1) is 0 Å². The number of carboxylic acids is 1. The molecule has 0 rings (SSSR count). The largest absolute Gasteiger partial charge is 0.477 e. The Morgan fingerprint density at radius 2 is 1.27 bits per heavy atom. The summed E-state index contributed by atoms with van der Waals surface area (Å²) in [6.45, 7) is 12.5. The Hall–Kier alpha value is -1.32. The molecule has 0 aliphatic rings. The Balaban J connectivity index is -0.000000318. The Morgan fingerprint density at radius 3 is 1.33 bits per heavy atom. The lowest BCUT2D eigenvalue weighted by molar-refractivity contribution is -0.134. The summed E-state index contributed by atoms with van der Waals surface area (Å²) in [6, 6.07) is 0. The van der Waals surface area contributed by atoms with Crippen LogP contribution in [-0.4, -0.2) is 17.0 Å². The first-order chi connectivity index (χ1) is 6.95. The van der Waals surface area contributed by atoms with Gasteiger partial charge in [0, 0.05) is 6.92 Å². The number of nitrogens with one attached hydrogen (secondary N) is 1. The molecule has 0 radical (unpaired) electrons. The highest BCUT2D eigenvalue weighted by molar-refractivity contribution is 5.92. The number of hydrogen-bond acceptors (Lipinski definition) is 2. The fourth-order valence-electron chi connectivity index (χ4n) is 0.568. The van der Waals surface area contributed by atoms with E-state index in [1.165, 1.54) is 6.92 Å². The topological polar surface area (TPSA) is 66.4 Å². The van der Waals surface area contributed by atoms with Crippen molar-refractivity contribution < 1.29 is 14.7 Å². The first-order valence-electron chi connectivity index (χ1n) is 5.13. The van der Waals surface area contributed by atoms with E-state index in [2.05, 4.69) is 5.32 Å². The third-order valence-electron chi connectivity index (χ3n) is 1.01. The fourth-order valence-corrected chi connectivity index (χ4v) is 0.568. The van der Waals surface area contributed by atoms with Crippen molar-refractivity contribution >= 4 is 11.9 Å². The van der Waals surface area contributed by atoms with Crippen LogP contribution in [0.2, 0.25) is 0 Å². The van der Waals surface area contributed by atoms with Gasteiger partial charge in [0.1, 0.15) is 5.70 Å². The molecule has 1 amide bonds. The molecular formula is C11H23NO3. The van der Waals surface area contributed by atoms with Crippen molar-refractivity contribution in [3.8, 4) is 0 Å². The van der Waals surface area contributed by atoms with Crippen LogP contribution in [0.4, 0.5) is 0 Å². The van der Waals surface area contributed by atoms with Gasteiger partial charge in [0.15, 0.2) is 0 Å². The zero-order chi connectivity index (χ0) is 13.0. The molecule has 2 N–H and O–H groups in total. The van der Waals surface area contributed by atoms with Crippen molar-refractivity contribution in [1.29, 1.82) is 0 Å². The molecule has 0 unspecified atom stereocenters. The molecule has 0 aromatic heterocycles. The second-order valence-corrected chi connectivity index (χ2v) is 2.36. The van der Waals surface area contributed by atoms with Crippen LogP contribution in [0.15, 0.2) is 11.3 Å². The minimum absolute atomic E-state index is 0.0440. The van der Waals surface area contributed by atoms with Crippen LogP contribution in [0, 0.1) is 0 Å². The third kappa shape index (κ3) is 12.7. The maximum Gasteiger partial charge on any atom is 0.352 e. The number of aliphatic carboxylic acids is 1. The summed E-state index contributed by atoms with van der Waals surface area (Å²) >= 11 is 0. The number of carboxylic acid groups (broad SMARTS) is 1. The van der Waals surface area contributed by atoms with E-state index in [1.807, 2.05) is 27.7 Å². The number of rotatable bonds is 2. The molecular weight excluding hydrogens is 194 g/mol. The Morgan fingerprint density at radius 1 is 0.933 bits per heavy atom. The lowest BCUT2D eigenvalue weighted by atomic mass is 10.2. The van der Waals surface area contributed by atoms with Gasteiger partial charge < -0.3 is 10.4 Å². The summed E-state index contributed by atoms with van der Waals surface area (Å²) < 4.78 is 0. The van der Waals surface area contributed by atoms with E-state index < -0.39 is 5.97 Å². The van der Waals surface area contributed by atoms with E-state index in [9.17, 15) is 9.59 Å². The Labute approximate surface area is 92.4 Å². The van der Waals surface area contributed by atoms with Crippen molar-refractivity contribution in [2.24, 2.45) is 0 Å². The van der Waals surface area contributed by atoms with Gasteiger partial charge in [0.2, 0.25) is 5.91 Å². The highest BCUT2D eigenvalue weighted by Crippen LogP contribution is 1.98. The number of carbonyl (C=O) groups excluding carboxylic acids is 1. The average Bonchev–Trinajstić information content (AvgIpc) is 2.19. The van der Waals surface area contributed by atoms with Gasteiger partial charge in [-0.2, -0.15) is 0 Å². The Bertz CT molecular complexity index is 216. The van der Waals surface area contributed by atoms with Crippen LogP contribution >= 0.6 is 0 Å². The van der Waals surface area contributed by atoms with Crippen molar-refractivity contribution in [2.45, 2.75) is 48.5 Å². The third-order valence-corrected chi connectivity index (χ3v) is 1.01. The SMILES string of the molecule is CC.CC.CC(=O)NC(C(=O)O)=C(C)C. The van der Waals surface area contributed by atoms with Crippen LogP contribution in [0.5, 0.6) is 0 Å². The minimum atomic E-state index is -1.11. The second kappa shape index (κ2) is 12.7. The van der Waals surface area contributed by atoms with Crippen molar-refractivity contribution in [1.82, 2.24) is 5.32 Å². The van der Waals surface area contributed by atoms with Gasteiger partial charge in [-0.25, -0.2) is 4.79 Å². The minimum Gasteiger partial charge on any atom is -0.477 e. The lowest BCUT2D eigenvalue weighted by Crippen LogP contribution is -2.25. The molecule has 0 aliphatic carbocycles. The number of amides is 1. The number of allylic oxidation sites excluding steroid dienone is 1. The molecule has 0 aromatic carbocycles. The molecule has 0 saturated heterocycles. The molecule has 15 heavy (non-hydrogen) atoms. The zero-order valence-corrected chi connectivity index (χ0v) is 10.8. The predicted octanol–water partition coefficient (Wildman–Crippen LogP) is 2.55. The molecule has 0 heterocycles. The quantitative estimate of drug-likeness (QED) is 0.698. The van der Waals surface area contributed by atoms with Crippen LogP contribution in [0.3, 0.4) is 0 Å². The maximum absolute atomic E-state index is 10.5. The molecule has 0 aromatic rings. The molecule has 4 heteroatoms. The Kier molecular flexibility index (Phi) is 16.3. The smallest absolute Gasteiger partial charge is 0.352 e. The monoisotopic (exact) mass is 217 g/mol. The van der Waals surface area contributed by atoms with Crippen molar-refractivity contribution in [3.05, 3.63) is 11.3 Å². The maximum atomic E-state index is 10.5. The summed E-state index contributed by atoms with van der Waals surface area (Å²) in [4.78, 5) is 20.9. The van der Waals surface area contributed by atoms with E-state index in [0.29, 0.717) is 5.57 Å². The van der Waals surface area contributed by atoms with Crippen LogP contribution < -0.4 is 5.32 Å². The highest BCUT2D eigenvalue weighted by Gasteiger charge is 2.09. The summed E-state index contributed by atoms with van der Waals surface area (Å²) in [6.07, 6.45) is 0. The highest BCUT2D eigenvalue weighted by atomic mass is 16.4. The van der Waals surface area contributed by atoms with E-state index >= 15 is 0 Å². The molecule has 4 nitrogen and oxygen atoms in total. The van der Waals surface area contributed by atoms with Gasteiger partial charge >= 0.3 is 5.97 Å². The van der Waals surface area contributed by atoms with Gasteiger partial charge in [0.05, 0.1) is 0 Å². The fraction of sp³-hybridized carbons (Fsp3) is 0.636. The van der Waals surface area contributed by atoms with Gasteiger partial charge in [-0.1, -0.05) is 27.7 Å². The summed E-state index contributed by atoms with van der Waals surface area (Å²) in [5.74, 6) is -1.48. The first kappa shape index (κ1) is 19.3.